The number of aliphatic hydroxyl groups is 1. The molecule has 5 rings (SSSR count). The number of benzene rings is 2. The van der Waals surface area contributed by atoms with E-state index in [2.05, 4.69) is 10.3 Å². The molecule has 2 atom stereocenters. The van der Waals surface area contributed by atoms with Crippen LogP contribution in [-0.2, 0) is 11.1 Å². The van der Waals surface area contributed by atoms with Crippen LogP contribution in [0.4, 0.5) is 17.6 Å². The molecule has 224 valence electrons. The van der Waals surface area contributed by atoms with E-state index in [4.69, 9.17) is 19.9 Å². The van der Waals surface area contributed by atoms with Crippen molar-refractivity contribution < 1.29 is 46.9 Å². The second kappa shape index (κ2) is 11.0. The summed E-state index contributed by atoms with van der Waals surface area (Å²) in [5.41, 5.74) is 2.19. The van der Waals surface area contributed by atoms with Crippen molar-refractivity contribution in [3.8, 4) is 28.5 Å². The number of rotatable bonds is 10. The summed E-state index contributed by atoms with van der Waals surface area (Å²) >= 11 is 0. The molecule has 0 saturated heterocycles. The maximum Gasteiger partial charge on any atom is 0.424 e. The molecular weight excluding hydrogens is 564 g/mol. The number of hydrogen-bond acceptors (Lipinski definition) is 9. The zero-order valence-corrected chi connectivity index (χ0v) is 22.3. The van der Waals surface area contributed by atoms with Gasteiger partial charge in [0.1, 0.15) is 18.1 Å². The highest BCUT2D eigenvalue weighted by Crippen LogP contribution is 2.46. The Hall–Kier alpha value is -3.98. The average molecular weight is 593 g/mol. The molecule has 2 heterocycles. The summed E-state index contributed by atoms with van der Waals surface area (Å²) in [5, 5.41) is 22.6. The van der Waals surface area contributed by atoms with Gasteiger partial charge in [0.2, 0.25) is 5.60 Å². The first kappa shape index (κ1) is 29.5. The van der Waals surface area contributed by atoms with Gasteiger partial charge in [-0.2, -0.15) is 13.2 Å². The first-order chi connectivity index (χ1) is 19.9. The molecule has 1 saturated carbocycles. The van der Waals surface area contributed by atoms with E-state index < -0.39 is 41.3 Å². The van der Waals surface area contributed by atoms with E-state index in [1.807, 2.05) is 5.48 Å². The van der Waals surface area contributed by atoms with E-state index in [-0.39, 0.29) is 53.1 Å². The first-order valence-corrected chi connectivity index (χ1v) is 12.9. The third-order valence-corrected chi connectivity index (χ3v) is 7.14. The number of pyridine rings is 1. The fourth-order valence-corrected chi connectivity index (χ4v) is 4.55. The molecule has 3 aromatic rings. The Morgan fingerprint density at radius 1 is 1.17 bits per heavy atom. The lowest BCUT2D eigenvalue weighted by Crippen LogP contribution is -2.52. The van der Waals surface area contributed by atoms with Crippen LogP contribution in [0, 0.1) is 5.82 Å². The minimum Gasteiger partial charge on any atom is -0.493 e. The molecule has 1 aliphatic carbocycles. The van der Waals surface area contributed by atoms with Crippen molar-refractivity contribution in [2.45, 2.75) is 36.3 Å². The number of aromatic nitrogens is 1. The van der Waals surface area contributed by atoms with Crippen LogP contribution < -0.4 is 30.7 Å². The number of nitrogens with one attached hydrogen (secondary N) is 2. The first-order valence-electron chi connectivity index (χ1n) is 12.9. The fourth-order valence-electron chi connectivity index (χ4n) is 4.55. The van der Waals surface area contributed by atoms with E-state index in [1.165, 1.54) is 37.4 Å². The van der Waals surface area contributed by atoms with Crippen molar-refractivity contribution in [1.82, 2.24) is 15.8 Å². The van der Waals surface area contributed by atoms with Gasteiger partial charge in [-0.05, 0) is 61.4 Å². The van der Waals surface area contributed by atoms with Crippen molar-refractivity contribution in [3.63, 3.8) is 0 Å². The van der Waals surface area contributed by atoms with Gasteiger partial charge in [0, 0.05) is 23.2 Å². The Labute approximate surface area is 237 Å². The maximum absolute atomic E-state index is 14.6. The molecule has 0 radical (unpaired) electrons. The van der Waals surface area contributed by atoms with Crippen molar-refractivity contribution in [2.75, 3.05) is 26.8 Å². The van der Waals surface area contributed by atoms with Gasteiger partial charge < -0.3 is 35.6 Å². The van der Waals surface area contributed by atoms with Crippen molar-refractivity contribution in [1.29, 1.82) is 0 Å². The minimum atomic E-state index is -5.33. The Kier molecular flexibility index (Phi) is 7.74. The number of amides is 1. The second-order valence-corrected chi connectivity index (χ2v) is 10.2. The van der Waals surface area contributed by atoms with E-state index in [1.54, 1.807) is 0 Å². The summed E-state index contributed by atoms with van der Waals surface area (Å²) in [5.74, 6) is -0.888. The Morgan fingerprint density at radius 2 is 1.88 bits per heavy atom. The predicted octanol–water partition coefficient (Wildman–Crippen LogP) is 3.14. The lowest BCUT2D eigenvalue weighted by molar-refractivity contribution is -0.265. The molecule has 42 heavy (non-hydrogen) atoms. The van der Waals surface area contributed by atoms with E-state index in [0.29, 0.717) is 5.75 Å². The molecule has 1 amide bonds. The zero-order chi connectivity index (χ0) is 30.3. The number of nitrogens with zero attached hydrogens (tertiary/aromatic N) is 1. The summed E-state index contributed by atoms with van der Waals surface area (Å²) in [4.78, 5) is 17.0. The lowest BCUT2D eigenvalue weighted by Gasteiger charge is -2.31. The summed E-state index contributed by atoms with van der Waals surface area (Å²) < 4.78 is 74.0. The SMILES string of the molecule is COc1cc(C(=O)NCC(O)(c2cc3c(c(-c4ccc(F)cc4)n2)OCC3(N)CNO)C(F)(F)F)ccc1OC1CC1. The quantitative estimate of drug-likeness (QED) is 0.177. The molecule has 0 bridgehead atoms. The summed E-state index contributed by atoms with van der Waals surface area (Å²) in [6.07, 6.45) is -3.51. The van der Waals surface area contributed by atoms with Crippen LogP contribution in [0.15, 0.2) is 48.5 Å². The van der Waals surface area contributed by atoms with Crippen LogP contribution in [0.3, 0.4) is 0 Å². The average Bonchev–Trinajstić information content (AvgIpc) is 3.72. The van der Waals surface area contributed by atoms with E-state index in [9.17, 15) is 32.7 Å². The molecule has 2 unspecified atom stereocenters. The number of methoxy groups -OCH3 is 1. The molecule has 2 aromatic carbocycles. The van der Waals surface area contributed by atoms with Gasteiger partial charge in [-0.25, -0.2) is 14.9 Å². The molecule has 10 nitrogen and oxygen atoms in total. The van der Waals surface area contributed by atoms with Crippen molar-refractivity contribution >= 4 is 5.91 Å². The van der Waals surface area contributed by atoms with Crippen LogP contribution >= 0.6 is 0 Å². The Balaban J connectivity index is 1.51. The summed E-state index contributed by atoms with van der Waals surface area (Å²) in [6, 6.07) is 9.83. The number of ether oxygens (including phenoxy) is 3. The van der Waals surface area contributed by atoms with Gasteiger partial charge in [0.05, 0.1) is 31.0 Å². The summed E-state index contributed by atoms with van der Waals surface area (Å²) in [7, 11) is 1.37. The van der Waals surface area contributed by atoms with Crippen molar-refractivity contribution in [3.05, 3.63) is 71.2 Å². The van der Waals surface area contributed by atoms with E-state index >= 15 is 0 Å². The van der Waals surface area contributed by atoms with E-state index in [0.717, 1.165) is 31.0 Å². The van der Waals surface area contributed by atoms with Gasteiger partial charge >= 0.3 is 6.18 Å². The van der Waals surface area contributed by atoms with Crippen LogP contribution in [0.5, 0.6) is 17.2 Å². The van der Waals surface area contributed by atoms with Gasteiger partial charge in [-0.3, -0.25) is 4.79 Å². The maximum atomic E-state index is 14.6. The van der Waals surface area contributed by atoms with Crippen LogP contribution in [-0.4, -0.2) is 60.3 Å². The number of halogens is 4. The number of nitrogens with two attached hydrogens (primary N) is 1. The molecule has 1 aliphatic heterocycles. The number of hydroxylamine groups is 1. The van der Waals surface area contributed by atoms with Crippen LogP contribution in [0.25, 0.3) is 11.3 Å². The van der Waals surface area contributed by atoms with Crippen LogP contribution in [0.2, 0.25) is 0 Å². The fraction of sp³-hybridized carbons (Fsp3) is 0.357. The van der Waals surface area contributed by atoms with Crippen molar-refractivity contribution in [2.24, 2.45) is 5.73 Å². The smallest absolute Gasteiger partial charge is 0.424 e. The number of carbonyl (C=O) groups is 1. The van der Waals surface area contributed by atoms with Gasteiger partial charge in [-0.1, -0.05) is 0 Å². The van der Waals surface area contributed by atoms with Gasteiger partial charge in [0.15, 0.2) is 17.2 Å². The number of alkyl halides is 3. The molecule has 1 fully saturated rings. The molecule has 14 heteroatoms. The Bertz CT molecular complexity index is 1480. The molecule has 0 spiro atoms. The Morgan fingerprint density at radius 3 is 2.50 bits per heavy atom. The highest BCUT2D eigenvalue weighted by Gasteiger charge is 2.57. The third-order valence-electron chi connectivity index (χ3n) is 7.14. The largest absolute Gasteiger partial charge is 0.493 e. The molecule has 6 N–H and O–H groups in total. The monoisotopic (exact) mass is 592 g/mol. The standard InChI is InChI=1S/C28H28F4N4O6/c1-40-21-10-16(4-9-20(21)42-18-7-8-18)25(37)34-13-27(38,28(30,31)32)22-11-19-24(41-14-26(19,33)12-35-39)23(36-22)15-2-5-17(29)6-3-15/h2-6,9-11,18,35,38-39H,7-8,12-14,33H2,1H3,(H,34,37). The third kappa shape index (κ3) is 5.57. The van der Waals surface area contributed by atoms with Gasteiger partial charge in [0.25, 0.3) is 5.91 Å². The number of fused-ring (bicyclic) bond motifs is 1. The molecular formula is C28H28F4N4O6. The summed E-state index contributed by atoms with van der Waals surface area (Å²) in [6.45, 7) is -1.86. The minimum absolute atomic E-state index is 0.0114. The number of carbonyl (C=O) groups excluding carboxylic acids is 1. The highest BCUT2D eigenvalue weighted by atomic mass is 19.4. The predicted molar refractivity (Wildman–Crippen MR) is 140 cm³/mol. The lowest BCUT2D eigenvalue weighted by atomic mass is 9.88. The van der Waals surface area contributed by atoms with Crippen LogP contribution in [0.1, 0.15) is 34.5 Å². The molecule has 2 aliphatic rings. The normalized spacial score (nSPS) is 19.4. The number of hydrogen-bond donors (Lipinski definition) is 5. The zero-order valence-electron chi connectivity index (χ0n) is 22.3. The van der Waals surface area contributed by atoms with Gasteiger partial charge in [-0.15, -0.1) is 0 Å². The second-order valence-electron chi connectivity index (χ2n) is 10.2. The topological polar surface area (TPSA) is 148 Å². The molecule has 1 aromatic heterocycles. The highest BCUT2D eigenvalue weighted by molar-refractivity contribution is 5.95.